The molecule has 1 aliphatic carbocycles. The topological polar surface area (TPSA) is 129 Å². The van der Waals surface area contributed by atoms with Crippen LogP contribution in [-0.2, 0) is 20.2 Å². The van der Waals surface area contributed by atoms with E-state index in [9.17, 15) is 13.2 Å². The Kier molecular flexibility index (Phi) is 5.02. The van der Waals surface area contributed by atoms with Crippen molar-refractivity contribution in [2.45, 2.75) is 36.3 Å². The van der Waals surface area contributed by atoms with E-state index in [4.69, 9.17) is 10.9 Å². The van der Waals surface area contributed by atoms with E-state index in [1.807, 2.05) is 37.3 Å². The molecule has 7 nitrogen and oxygen atoms in total. The molecule has 0 saturated carbocycles. The molecule has 3 rings (SSSR count). The van der Waals surface area contributed by atoms with Crippen LogP contribution >= 0.6 is 11.3 Å². The molecule has 1 amide bonds. The Hall–Kier alpha value is -2.36. The lowest BCUT2D eigenvalue weighted by atomic mass is 9.72. The average molecular weight is 405 g/mol. The van der Waals surface area contributed by atoms with Crippen molar-refractivity contribution in [3.8, 4) is 0 Å². The second-order valence-electron chi connectivity index (χ2n) is 6.71. The molecule has 0 radical (unpaired) electrons. The number of rotatable bonds is 5. The summed E-state index contributed by atoms with van der Waals surface area (Å²) < 4.78 is 23.8. The highest BCUT2D eigenvalue weighted by Crippen LogP contribution is 2.47. The minimum atomic E-state index is -3.86. The van der Waals surface area contributed by atoms with Gasteiger partial charge in [-0.15, -0.1) is 11.3 Å². The highest BCUT2D eigenvalue weighted by molar-refractivity contribution is 7.91. The van der Waals surface area contributed by atoms with Gasteiger partial charge >= 0.3 is 0 Å². The van der Waals surface area contributed by atoms with Gasteiger partial charge in [0, 0.05) is 12.6 Å². The smallest absolute Gasteiger partial charge is 0.249 e. The molecule has 0 bridgehead atoms. The summed E-state index contributed by atoms with van der Waals surface area (Å²) in [6, 6.07) is 5.60. The number of pyridine rings is 1. The Morgan fingerprint density at radius 1 is 1.33 bits per heavy atom. The Labute approximate surface area is 161 Å². The zero-order valence-electron chi connectivity index (χ0n) is 15.0. The van der Waals surface area contributed by atoms with Gasteiger partial charge in [-0.3, -0.25) is 9.78 Å². The number of hydrogen-bond acceptors (Lipinski definition) is 6. The highest BCUT2D eigenvalue weighted by atomic mass is 32.2. The van der Waals surface area contributed by atoms with Crippen LogP contribution in [0.5, 0.6) is 0 Å². The number of primary amides is 1. The average Bonchev–Trinajstić information content (AvgIpc) is 2.98. The van der Waals surface area contributed by atoms with Gasteiger partial charge in [0.1, 0.15) is 5.01 Å². The molecule has 9 heteroatoms. The third-order valence-corrected chi connectivity index (χ3v) is 7.46. The fourth-order valence-corrected chi connectivity index (χ4v) is 5.42. The molecular weight excluding hydrogens is 384 g/mol. The number of carbonyl (C=O) groups excluding carboxylic acids is 1. The van der Waals surface area contributed by atoms with Gasteiger partial charge in [0.15, 0.2) is 4.21 Å². The maximum Gasteiger partial charge on any atom is 0.249 e. The Balaban J connectivity index is 2.16. The van der Waals surface area contributed by atoms with Gasteiger partial charge in [-0.25, -0.2) is 18.5 Å². The van der Waals surface area contributed by atoms with Crippen molar-refractivity contribution in [1.82, 2.24) is 9.97 Å². The third kappa shape index (κ3) is 3.85. The predicted octanol–water partition coefficient (Wildman–Crippen LogP) is 2.04. The first-order valence-electron chi connectivity index (χ1n) is 8.22. The van der Waals surface area contributed by atoms with Crippen molar-refractivity contribution in [2.75, 3.05) is 0 Å². The molecule has 2 aromatic heterocycles. The fraction of sp³-hybridized carbons (Fsp3) is 0.278. The van der Waals surface area contributed by atoms with Crippen LogP contribution in [0.3, 0.4) is 0 Å². The van der Waals surface area contributed by atoms with E-state index in [1.165, 1.54) is 0 Å². The van der Waals surface area contributed by atoms with Crippen molar-refractivity contribution in [1.29, 1.82) is 0 Å². The van der Waals surface area contributed by atoms with Gasteiger partial charge in [0.2, 0.25) is 15.9 Å². The number of primary sulfonamides is 1. The molecule has 2 heterocycles. The van der Waals surface area contributed by atoms with Crippen LogP contribution in [-0.4, -0.2) is 24.3 Å². The lowest BCUT2D eigenvalue weighted by Gasteiger charge is -2.33. The van der Waals surface area contributed by atoms with Crippen LogP contribution in [0.2, 0.25) is 0 Å². The zero-order chi connectivity index (χ0) is 19.8. The molecule has 1 unspecified atom stereocenters. The Morgan fingerprint density at radius 2 is 2.07 bits per heavy atom. The van der Waals surface area contributed by atoms with Crippen LogP contribution in [0.25, 0.3) is 5.57 Å². The lowest BCUT2D eigenvalue weighted by Crippen LogP contribution is -2.28. The van der Waals surface area contributed by atoms with Crippen LogP contribution < -0.4 is 10.9 Å². The van der Waals surface area contributed by atoms with Gasteiger partial charge in [-0.2, -0.15) is 0 Å². The summed E-state index contributed by atoms with van der Waals surface area (Å²) in [5.41, 5.74) is 7.58. The summed E-state index contributed by atoms with van der Waals surface area (Å²) >= 11 is 1.06. The Morgan fingerprint density at radius 3 is 2.63 bits per heavy atom. The second-order valence-corrected chi connectivity index (χ2v) is 9.46. The summed E-state index contributed by atoms with van der Waals surface area (Å²) in [6.07, 6.45) is 6.08. The summed E-state index contributed by atoms with van der Waals surface area (Å²) in [5.74, 6) is -0.418. The van der Waals surface area contributed by atoms with Crippen LogP contribution in [0, 0.1) is 6.92 Å². The van der Waals surface area contributed by atoms with Crippen LogP contribution in [0.15, 0.2) is 46.3 Å². The number of aromatic nitrogens is 2. The molecule has 1 aliphatic rings. The number of aryl methyl sites for hydroxylation is 1. The molecule has 0 aromatic carbocycles. The molecular formula is C18H20N4O3S2. The number of thiazole rings is 1. The molecule has 142 valence electrons. The first kappa shape index (κ1) is 19.4. The number of hydrogen-bond donors (Lipinski definition) is 2. The lowest BCUT2D eigenvalue weighted by molar-refractivity contribution is -0.117. The molecule has 1 atom stereocenters. The first-order valence-corrected chi connectivity index (χ1v) is 10.6. The summed E-state index contributed by atoms with van der Waals surface area (Å²) in [5, 5.41) is 5.93. The van der Waals surface area contributed by atoms with Gasteiger partial charge < -0.3 is 5.73 Å². The van der Waals surface area contributed by atoms with E-state index in [0.29, 0.717) is 17.1 Å². The number of nitrogens with zero attached hydrogens (tertiary/aromatic N) is 2. The van der Waals surface area contributed by atoms with Gasteiger partial charge in [-0.1, -0.05) is 23.8 Å². The zero-order valence-corrected chi connectivity index (χ0v) is 16.6. The molecule has 0 spiro atoms. The first-order chi connectivity index (χ1) is 12.6. The van der Waals surface area contributed by atoms with E-state index in [0.717, 1.165) is 28.2 Å². The normalized spacial score (nSPS) is 20.1. The minimum Gasteiger partial charge on any atom is -0.369 e. The fourth-order valence-electron chi connectivity index (χ4n) is 3.30. The van der Waals surface area contributed by atoms with Crippen molar-refractivity contribution >= 4 is 32.8 Å². The van der Waals surface area contributed by atoms with E-state index in [1.54, 1.807) is 13.1 Å². The van der Waals surface area contributed by atoms with Gasteiger partial charge in [0.05, 0.1) is 16.8 Å². The van der Waals surface area contributed by atoms with Crippen molar-refractivity contribution in [3.05, 3.63) is 58.5 Å². The second kappa shape index (κ2) is 6.99. The molecule has 27 heavy (non-hydrogen) atoms. The summed E-state index contributed by atoms with van der Waals surface area (Å²) in [4.78, 5) is 20.3. The van der Waals surface area contributed by atoms with Crippen LogP contribution in [0.1, 0.15) is 36.2 Å². The quantitative estimate of drug-likeness (QED) is 0.788. The number of amides is 1. The van der Waals surface area contributed by atoms with E-state index in [2.05, 4.69) is 9.97 Å². The summed E-state index contributed by atoms with van der Waals surface area (Å²) in [6.45, 7) is 3.59. The largest absolute Gasteiger partial charge is 0.369 e. The van der Waals surface area contributed by atoms with Crippen molar-refractivity contribution in [3.63, 3.8) is 0 Å². The van der Waals surface area contributed by atoms with E-state index in [-0.39, 0.29) is 10.6 Å². The minimum absolute atomic E-state index is 0.0464. The Bertz CT molecular complexity index is 1060. The van der Waals surface area contributed by atoms with E-state index >= 15 is 0 Å². The van der Waals surface area contributed by atoms with Crippen LogP contribution in [0.4, 0.5) is 0 Å². The SMILES string of the molecule is Cc1nc(C2(C)CC(CC(N)=O)=CC=C2c2ccccn2)sc1S(N)(=O)=O. The number of nitrogens with two attached hydrogens (primary N) is 2. The molecule has 2 aromatic rings. The molecule has 4 N–H and O–H groups in total. The molecule has 0 saturated heterocycles. The predicted molar refractivity (Wildman–Crippen MR) is 104 cm³/mol. The van der Waals surface area contributed by atoms with Crippen molar-refractivity contribution in [2.24, 2.45) is 10.9 Å². The highest BCUT2D eigenvalue weighted by Gasteiger charge is 2.39. The summed E-state index contributed by atoms with van der Waals surface area (Å²) in [7, 11) is -3.86. The standard InChI is InChI=1S/C18H20N4O3S2/c1-11-16(27(20,24)25)26-17(22-11)18(2)10-12(9-15(19)23)6-7-13(18)14-5-3-4-8-21-14/h3-8H,9-10H2,1-2H3,(H2,19,23)(H2,20,24,25). The monoisotopic (exact) mass is 404 g/mol. The maximum atomic E-state index is 11.9. The van der Waals surface area contributed by atoms with Gasteiger partial charge in [0.25, 0.3) is 0 Å². The molecule has 0 aliphatic heterocycles. The number of allylic oxidation sites excluding steroid dienone is 3. The van der Waals surface area contributed by atoms with Crippen molar-refractivity contribution < 1.29 is 13.2 Å². The maximum absolute atomic E-state index is 11.9. The van der Waals surface area contributed by atoms with E-state index < -0.39 is 21.3 Å². The number of sulfonamides is 1. The number of carbonyl (C=O) groups is 1. The van der Waals surface area contributed by atoms with Gasteiger partial charge in [-0.05, 0) is 38.0 Å². The third-order valence-electron chi connectivity index (χ3n) is 4.49. The molecule has 0 fully saturated rings.